The van der Waals surface area contributed by atoms with E-state index < -0.39 is 0 Å². The molecule has 0 fully saturated rings. The minimum atomic E-state index is -0.213. The molecule has 0 aromatic heterocycles. The van der Waals surface area contributed by atoms with E-state index in [1.807, 2.05) is 18.2 Å². The molecule has 2 atom stereocenters. The number of rotatable bonds is 1. The molecule has 2 heteroatoms. The molecule has 1 aliphatic rings. The average molecular weight is 203 g/mol. The van der Waals surface area contributed by atoms with Crippen LogP contribution in [-0.2, 0) is 0 Å². The number of nitrogens with zero attached hydrogens (tertiary/aromatic N) is 1. The van der Waals surface area contributed by atoms with Gasteiger partial charge in [0.2, 0.25) is 0 Å². The van der Waals surface area contributed by atoms with Crippen molar-refractivity contribution in [2.75, 3.05) is 11.4 Å². The summed E-state index contributed by atoms with van der Waals surface area (Å²) >= 11 is 0. The minimum absolute atomic E-state index is 0.213. The molecule has 2 unspecified atom stereocenters. The smallest absolute Gasteiger partial charge is 0.0617 e. The standard InChI is InChI=1S/C13H17NO/c1-11-7-9-14(10-8-13(11)15)12-5-3-2-4-6-12/h2-7,9,11,13,15H,8,10H2,1H3. The Morgan fingerprint density at radius 2 is 2.00 bits per heavy atom. The molecule has 0 saturated heterocycles. The minimum Gasteiger partial charge on any atom is -0.392 e. The van der Waals surface area contributed by atoms with E-state index in [1.165, 1.54) is 5.69 Å². The van der Waals surface area contributed by atoms with E-state index in [0.717, 1.165) is 13.0 Å². The van der Waals surface area contributed by atoms with E-state index in [4.69, 9.17) is 0 Å². The van der Waals surface area contributed by atoms with Crippen LogP contribution in [0, 0.1) is 5.92 Å². The Kier molecular flexibility index (Phi) is 3.07. The van der Waals surface area contributed by atoms with Gasteiger partial charge in [-0.1, -0.05) is 31.2 Å². The second-order valence-electron chi connectivity index (χ2n) is 4.09. The Hall–Kier alpha value is -1.28. The van der Waals surface area contributed by atoms with E-state index >= 15 is 0 Å². The van der Waals surface area contributed by atoms with Crippen LogP contribution in [0.3, 0.4) is 0 Å². The summed E-state index contributed by atoms with van der Waals surface area (Å²) in [6.07, 6.45) is 4.76. The predicted molar refractivity (Wildman–Crippen MR) is 62.7 cm³/mol. The van der Waals surface area contributed by atoms with Crippen LogP contribution in [0.25, 0.3) is 0 Å². The third-order valence-corrected chi connectivity index (χ3v) is 2.93. The molecule has 2 nitrogen and oxygen atoms in total. The number of hydrogen-bond donors (Lipinski definition) is 1. The Morgan fingerprint density at radius 1 is 1.27 bits per heavy atom. The highest BCUT2D eigenvalue weighted by atomic mass is 16.3. The van der Waals surface area contributed by atoms with Crippen molar-refractivity contribution in [1.82, 2.24) is 0 Å². The quantitative estimate of drug-likeness (QED) is 0.757. The summed E-state index contributed by atoms with van der Waals surface area (Å²) in [6, 6.07) is 10.3. The molecule has 2 rings (SSSR count). The molecule has 1 N–H and O–H groups in total. The van der Waals surface area contributed by atoms with Crippen LogP contribution in [0.2, 0.25) is 0 Å². The van der Waals surface area contributed by atoms with E-state index in [9.17, 15) is 5.11 Å². The number of benzene rings is 1. The number of aliphatic hydroxyl groups excluding tert-OH is 1. The maximum atomic E-state index is 9.74. The molecule has 1 aliphatic heterocycles. The monoisotopic (exact) mass is 203 g/mol. The Balaban J connectivity index is 2.15. The topological polar surface area (TPSA) is 23.5 Å². The van der Waals surface area contributed by atoms with Crippen molar-refractivity contribution in [2.45, 2.75) is 19.4 Å². The van der Waals surface area contributed by atoms with Gasteiger partial charge < -0.3 is 10.0 Å². The fourth-order valence-corrected chi connectivity index (χ4v) is 1.81. The first-order valence-corrected chi connectivity index (χ1v) is 5.45. The molecular formula is C13H17NO. The van der Waals surface area contributed by atoms with E-state index in [2.05, 4.69) is 36.2 Å². The molecule has 0 saturated carbocycles. The third kappa shape index (κ3) is 2.39. The van der Waals surface area contributed by atoms with Crippen molar-refractivity contribution in [3.05, 3.63) is 42.6 Å². The lowest BCUT2D eigenvalue weighted by Gasteiger charge is -2.19. The summed E-state index contributed by atoms with van der Waals surface area (Å²) in [5.74, 6) is 0.249. The van der Waals surface area contributed by atoms with Gasteiger partial charge in [-0.05, 0) is 18.6 Å². The summed E-state index contributed by atoms with van der Waals surface area (Å²) in [5.41, 5.74) is 1.19. The zero-order valence-electron chi connectivity index (χ0n) is 9.00. The summed E-state index contributed by atoms with van der Waals surface area (Å²) in [7, 11) is 0. The largest absolute Gasteiger partial charge is 0.392 e. The van der Waals surface area contributed by atoms with Gasteiger partial charge in [-0.15, -0.1) is 0 Å². The van der Waals surface area contributed by atoms with Gasteiger partial charge in [0.05, 0.1) is 6.10 Å². The first-order valence-electron chi connectivity index (χ1n) is 5.45. The first-order chi connectivity index (χ1) is 7.27. The molecule has 15 heavy (non-hydrogen) atoms. The van der Waals surface area contributed by atoms with Gasteiger partial charge in [0.25, 0.3) is 0 Å². The van der Waals surface area contributed by atoms with Crippen LogP contribution in [0.4, 0.5) is 5.69 Å². The van der Waals surface area contributed by atoms with Crippen LogP contribution >= 0.6 is 0 Å². The second-order valence-corrected chi connectivity index (χ2v) is 4.09. The predicted octanol–water partition coefficient (Wildman–Crippen LogP) is 2.41. The van der Waals surface area contributed by atoms with E-state index in [1.54, 1.807) is 0 Å². The number of aliphatic hydroxyl groups is 1. The summed E-state index contributed by atoms with van der Waals surface area (Å²) in [4.78, 5) is 2.19. The molecule has 0 amide bonds. The van der Waals surface area contributed by atoms with Crippen molar-refractivity contribution in [2.24, 2.45) is 5.92 Å². The highest BCUT2D eigenvalue weighted by Gasteiger charge is 2.16. The maximum Gasteiger partial charge on any atom is 0.0617 e. The lowest BCUT2D eigenvalue weighted by Crippen LogP contribution is -2.21. The molecule has 0 radical (unpaired) electrons. The third-order valence-electron chi connectivity index (χ3n) is 2.93. The summed E-state index contributed by atoms with van der Waals surface area (Å²) < 4.78 is 0. The fraction of sp³-hybridized carbons (Fsp3) is 0.385. The zero-order valence-corrected chi connectivity index (χ0v) is 9.00. The molecule has 1 heterocycles. The number of para-hydroxylation sites is 1. The molecular weight excluding hydrogens is 186 g/mol. The number of anilines is 1. The Morgan fingerprint density at radius 3 is 2.73 bits per heavy atom. The van der Waals surface area contributed by atoms with Crippen LogP contribution in [-0.4, -0.2) is 17.8 Å². The van der Waals surface area contributed by atoms with Gasteiger partial charge in [0.15, 0.2) is 0 Å². The van der Waals surface area contributed by atoms with Crippen LogP contribution in [0.1, 0.15) is 13.3 Å². The number of hydrogen-bond acceptors (Lipinski definition) is 2. The molecule has 80 valence electrons. The summed E-state index contributed by atoms with van der Waals surface area (Å²) in [6.45, 7) is 2.93. The lowest BCUT2D eigenvalue weighted by atomic mass is 10.0. The second kappa shape index (κ2) is 4.49. The molecule has 0 bridgehead atoms. The van der Waals surface area contributed by atoms with Crippen LogP contribution in [0.15, 0.2) is 42.6 Å². The van der Waals surface area contributed by atoms with E-state index in [0.29, 0.717) is 0 Å². The highest BCUT2D eigenvalue weighted by Crippen LogP contribution is 2.20. The van der Waals surface area contributed by atoms with Gasteiger partial charge in [-0.2, -0.15) is 0 Å². The van der Waals surface area contributed by atoms with Crippen molar-refractivity contribution in [3.63, 3.8) is 0 Å². The molecule has 0 aliphatic carbocycles. The van der Waals surface area contributed by atoms with Crippen molar-refractivity contribution >= 4 is 5.69 Å². The Bertz CT molecular complexity index is 334. The molecule has 1 aromatic rings. The van der Waals surface area contributed by atoms with Gasteiger partial charge in [-0.25, -0.2) is 0 Å². The van der Waals surface area contributed by atoms with Crippen molar-refractivity contribution < 1.29 is 5.11 Å². The average Bonchev–Trinajstić information content (AvgIpc) is 2.44. The van der Waals surface area contributed by atoms with Crippen molar-refractivity contribution in [1.29, 1.82) is 0 Å². The highest BCUT2D eigenvalue weighted by molar-refractivity contribution is 5.49. The Labute approximate surface area is 90.8 Å². The van der Waals surface area contributed by atoms with Crippen LogP contribution < -0.4 is 4.90 Å². The van der Waals surface area contributed by atoms with Gasteiger partial charge in [-0.3, -0.25) is 0 Å². The molecule has 0 spiro atoms. The SMILES string of the molecule is CC1C=CN(c2ccccc2)CCC1O. The van der Waals surface area contributed by atoms with Gasteiger partial charge >= 0.3 is 0 Å². The van der Waals surface area contributed by atoms with Crippen molar-refractivity contribution in [3.8, 4) is 0 Å². The summed E-state index contributed by atoms with van der Waals surface area (Å²) in [5, 5.41) is 9.74. The molecule has 1 aromatic carbocycles. The van der Waals surface area contributed by atoms with Gasteiger partial charge in [0.1, 0.15) is 0 Å². The van der Waals surface area contributed by atoms with Gasteiger partial charge in [0, 0.05) is 24.4 Å². The fourth-order valence-electron chi connectivity index (χ4n) is 1.81. The first kappa shape index (κ1) is 10.2. The van der Waals surface area contributed by atoms with Crippen LogP contribution in [0.5, 0.6) is 0 Å². The normalized spacial score (nSPS) is 26.4. The zero-order chi connectivity index (χ0) is 10.7. The maximum absolute atomic E-state index is 9.74. The lowest BCUT2D eigenvalue weighted by molar-refractivity contribution is 0.133. The van der Waals surface area contributed by atoms with E-state index in [-0.39, 0.29) is 12.0 Å².